The summed E-state index contributed by atoms with van der Waals surface area (Å²) in [6, 6.07) is 3.67. The number of hydrogen-bond donors (Lipinski definition) is 1. The largest absolute Gasteiger partial charge is 0.478 e. The SMILES string of the molecule is O=C(O)C=C1CCN(C(=O)CCc2ccco2)CC1. The number of carboxylic acid groups (broad SMARTS) is 1. The molecule has 5 heteroatoms. The van der Waals surface area contributed by atoms with Crippen molar-refractivity contribution >= 4 is 11.9 Å². The van der Waals surface area contributed by atoms with Crippen LogP contribution in [0.15, 0.2) is 34.5 Å². The Bertz CT molecular complexity index is 466. The molecule has 2 rings (SSSR count). The van der Waals surface area contributed by atoms with Crippen molar-refractivity contribution < 1.29 is 19.1 Å². The number of carbonyl (C=O) groups is 2. The number of nitrogens with zero attached hydrogens (tertiary/aromatic N) is 1. The zero-order valence-corrected chi connectivity index (χ0v) is 10.7. The number of hydrogen-bond acceptors (Lipinski definition) is 3. The Kier molecular flexibility index (Phi) is 4.39. The highest BCUT2D eigenvalue weighted by Gasteiger charge is 2.19. The first-order valence-corrected chi connectivity index (χ1v) is 6.37. The maximum atomic E-state index is 12.0. The lowest BCUT2D eigenvalue weighted by Crippen LogP contribution is -2.36. The summed E-state index contributed by atoms with van der Waals surface area (Å²) in [6.45, 7) is 1.21. The van der Waals surface area contributed by atoms with Crippen LogP contribution in [-0.2, 0) is 16.0 Å². The minimum atomic E-state index is -0.910. The van der Waals surface area contributed by atoms with Crippen LogP contribution in [-0.4, -0.2) is 35.0 Å². The molecule has 0 atom stereocenters. The highest BCUT2D eigenvalue weighted by Crippen LogP contribution is 2.17. The third-order valence-corrected chi connectivity index (χ3v) is 3.25. The highest BCUT2D eigenvalue weighted by molar-refractivity contribution is 5.81. The van der Waals surface area contributed by atoms with Crippen LogP contribution in [0.1, 0.15) is 25.0 Å². The molecule has 1 aromatic heterocycles. The molecule has 2 heterocycles. The second-order valence-corrected chi connectivity index (χ2v) is 4.60. The van der Waals surface area contributed by atoms with Crippen LogP contribution in [0, 0.1) is 0 Å². The van der Waals surface area contributed by atoms with E-state index >= 15 is 0 Å². The molecule has 0 saturated carbocycles. The number of rotatable bonds is 4. The predicted molar refractivity (Wildman–Crippen MR) is 68.6 cm³/mol. The fourth-order valence-corrected chi connectivity index (χ4v) is 2.21. The molecule has 5 nitrogen and oxygen atoms in total. The average molecular weight is 263 g/mol. The van der Waals surface area contributed by atoms with Gasteiger partial charge in [-0.2, -0.15) is 0 Å². The maximum absolute atomic E-state index is 12.0. The fraction of sp³-hybridized carbons (Fsp3) is 0.429. The van der Waals surface area contributed by atoms with E-state index in [2.05, 4.69) is 0 Å². The molecule has 1 N–H and O–H groups in total. The quantitative estimate of drug-likeness (QED) is 0.841. The second-order valence-electron chi connectivity index (χ2n) is 4.60. The Morgan fingerprint density at radius 3 is 2.68 bits per heavy atom. The number of aryl methyl sites for hydroxylation is 1. The second kappa shape index (κ2) is 6.22. The van der Waals surface area contributed by atoms with Crippen molar-refractivity contribution in [1.82, 2.24) is 4.90 Å². The first-order valence-electron chi connectivity index (χ1n) is 6.37. The molecule has 0 radical (unpaired) electrons. The van der Waals surface area contributed by atoms with Crippen LogP contribution >= 0.6 is 0 Å². The molecule has 102 valence electrons. The summed E-state index contributed by atoms with van der Waals surface area (Å²) in [4.78, 5) is 24.3. The summed E-state index contributed by atoms with van der Waals surface area (Å²) in [5, 5.41) is 8.66. The topological polar surface area (TPSA) is 70.8 Å². The fourth-order valence-electron chi connectivity index (χ4n) is 2.21. The molecule has 0 spiro atoms. The van der Waals surface area contributed by atoms with Crippen LogP contribution in [0.2, 0.25) is 0 Å². The molecule has 1 saturated heterocycles. The lowest BCUT2D eigenvalue weighted by molar-refractivity contribution is -0.131. The highest BCUT2D eigenvalue weighted by atomic mass is 16.4. The lowest BCUT2D eigenvalue weighted by Gasteiger charge is -2.28. The Hall–Kier alpha value is -2.04. The van der Waals surface area contributed by atoms with Crippen molar-refractivity contribution in [2.75, 3.05) is 13.1 Å². The number of likely N-dealkylation sites (tertiary alicyclic amines) is 1. The summed E-state index contributed by atoms with van der Waals surface area (Å²) < 4.78 is 5.19. The number of carboxylic acids is 1. The minimum absolute atomic E-state index is 0.103. The van der Waals surface area contributed by atoms with E-state index in [1.54, 1.807) is 11.2 Å². The van der Waals surface area contributed by atoms with E-state index in [0.29, 0.717) is 38.8 Å². The molecule has 1 aliphatic heterocycles. The van der Waals surface area contributed by atoms with Gasteiger partial charge in [-0.3, -0.25) is 4.79 Å². The Labute approximate surface area is 111 Å². The van der Waals surface area contributed by atoms with Crippen molar-refractivity contribution in [3.8, 4) is 0 Å². The molecule has 0 aromatic carbocycles. The molecule has 0 bridgehead atoms. The van der Waals surface area contributed by atoms with Gasteiger partial charge in [-0.15, -0.1) is 0 Å². The molecular formula is C14H17NO4. The zero-order chi connectivity index (χ0) is 13.7. The Morgan fingerprint density at radius 2 is 2.11 bits per heavy atom. The van der Waals surface area contributed by atoms with Gasteiger partial charge in [-0.05, 0) is 25.0 Å². The summed E-state index contributed by atoms with van der Waals surface area (Å²) in [5.41, 5.74) is 0.905. The summed E-state index contributed by atoms with van der Waals surface area (Å²) in [5.74, 6) is 0.00944. The van der Waals surface area contributed by atoms with Crippen LogP contribution < -0.4 is 0 Å². The number of carbonyl (C=O) groups excluding carboxylic acids is 1. The van der Waals surface area contributed by atoms with E-state index in [4.69, 9.17) is 9.52 Å². The molecule has 1 aliphatic rings. The summed E-state index contributed by atoms with van der Waals surface area (Å²) in [7, 11) is 0. The van der Waals surface area contributed by atoms with Gasteiger partial charge >= 0.3 is 5.97 Å². The number of furan rings is 1. The summed E-state index contributed by atoms with van der Waals surface area (Å²) >= 11 is 0. The zero-order valence-electron chi connectivity index (χ0n) is 10.7. The van der Waals surface area contributed by atoms with E-state index in [0.717, 1.165) is 11.3 Å². The average Bonchev–Trinajstić information content (AvgIpc) is 2.89. The molecule has 1 aromatic rings. The smallest absolute Gasteiger partial charge is 0.328 e. The van der Waals surface area contributed by atoms with Gasteiger partial charge in [0.15, 0.2) is 0 Å². The monoisotopic (exact) mass is 263 g/mol. The van der Waals surface area contributed by atoms with Crippen molar-refractivity contribution in [3.63, 3.8) is 0 Å². The molecule has 1 amide bonds. The van der Waals surface area contributed by atoms with Crippen molar-refractivity contribution in [3.05, 3.63) is 35.8 Å². The van der Waals surface area contributed by atoms with Crippen LogP contribution in [0.3, 0.4) is 0 Å². The molecule has 19 heavy (non-hydrogen) atoms. The van der Waals surface area contributed by atoms with Gasteiger partial charge in [0, 0.05) is 32.0 Å². The Balaban J connectivity index is 1.77. The van der Waals surface area contributed by atoms with E-state index in [-0.39, 0.29) is 5.91 Å². The summed E-state index contributed by atoms with van der Waals surface area (Å²) in [6.07, 6.45) is 5.21. The van der Waals surface area contributed by atoms with Crippen LogP contribution in [0.4, 0.5) is 0 Å². The first kappa shape index (κ1) is 13.4. The van der Waals surface area contributed by atoms with Gasteiger partial charge in [0.25, 0.3) is 0 Å². The van der Waals surface area contributed by atoms with E-state index < -0.39 is 5.97 Å². The third kappa shape index (κ3) is 3.98. The minimum Gasteiger partial charge on any atom is -0.478 e. The van der Waals surface area contributed by atoms with Gasteiger partial charge in [-0.25, -0.2) is 4.79 Å². The van der Waals surface area contributed by atoms with E-state index in [9.17, 15) is 9.59 Å². The number of amides is 1. The normalized spacial score (nSPS) is 15.4. The van der Waals surface area contributed by atoms with E-state index in [1.165, 1.54) is 6.08 Å². The molecule has 0 unspecified atom stereocenters. The van der Waals surface area contributed by atoms with Crippen molar-refractivity contribution in [1.29, 1.82) is 0 Å². The van der Waals surface area contributed by atoms with Gasteiger partial charge in [0.2, 0.25) is 5.91 Å². The standard InChI is InChI=1S/C14H17NO4/c16-13(4-3-12-2-1-9-19-12)15-7-5-11(6-8-15)10-14(17)18/h1-2,9-10H,3-8H2,(H,17,18). The first-order chi connectivity index (χ1) is 9.15. The third-order valence-electron chi connectivity index (χ3n) is 3.25. The van der Waals surface area contributed by atoms with E-state index in [1.807, 2.05) is 12.1 Å². The van der Waals surface area contributed by atoms with Crippen LogP contribution in [0.5, 0.6) is 0 Å². The van der Waals surface area contributed by atoms with Gasteiger partial charge in [0.05, 0.1) is 6.26 Å². The van der Waals surface area contributed by atoms with Crippen LogP contribution in [0.25, 0.3) is 0 Å². The van der Waals surface area contributed by atoms with Crippen molar-refractivity contribution in [2.45, 2.75) is 25.7 Å². The van der Waals surface area contributed by atoms with Gasteiger partial charge in [-0.1, -0.05) is 5.57 Å². The maximum Gasteiger partial charge on any atom is 0.328 e. The number of aliphatic carboxylic acids is 1. The predicted octanol–water partition coefficient (Wildman–Crippen LogP) is 1.85. The lowest BCUT2D eigenvalue weighted by atomic mass is 10.0. The van der Waals surface area contributed by atoms with Gasteiger partial charge in [0.1, 0.15) is 5.76 Å². The van der Waals surface area contributed by atoms with Crippen molar-refractivity contribution in [2.24, 2.45) is 0 Å². The Morgan fingerprint density at radius 1 is 1.37 bits per heavy atom. The molecular weight excluding hydrogens is 246 g/mol. The van der Waals surface area contributed by atoms with Gasteiger partial charge < -0.3 is 14.4 Å². The molecule has 0 aliphatic carbocycles. The number of piperidine rings is 1. The molecule has 1 fully saturated rings.